The third-order valence-electron chi connectivity index (χ3n) is 3.94. The van der Waals surface area contributed by atoms with Crippen LogP contribution in [0, 0.1) is 6.92 Å². The molecule has 3 heteroatoms. The van der Waals surface area contributed by atoms with E-state index in [4.69, 9.17) is 4.74 Å². The molecule has 0 aliphatic carbocycles. The van der Waals surface area contributed by atoms with E-state index in [1.54, 1.807) is 0 Å². The third kappa shape index (κ3) is 3.10. The number of nitrogens with zero attached hydrogens (tertiary/aromatic N) is 1. The third-order valence-corrected chi connectivity index (χ3v) is 3.94. The maximum Gasteiger partial charge on any atom is 0.0637 e. The summed E-state index contributed by atoms with van der Waals surface area (Å²) in [5, 5.41) is 3.41. The van der Waals surface area contributed by atoms with Gasteiger partial charge in [-0.3, -0.25) is 4.90 Å². The minimum absolute atomic E-state index is 0.461. The van der Waals surface area contributed by atoms with Gasteiger partial charge in [0, 0.05) is 25.2 Å². The summed E-state index contributed by atoms with van der Waals surface area (Å²) in [6.07, 6.45) is 1.10. The van der Waals surface area contributed by atoms with Gasteiger partial charge < -0.3 is 10.1 Å². The average Bonchev–Trinajstić information content (AvgIpc) is 2.41. The number of benzene rings is 1. The smallest absolute Gasteiger partial charge is 0.0637 e. The van der Waals surface area contributed by atoms with Crippen LogP contribution in [0.2, 0.25) is 0 Å². The first-order valence-electron chi connectivity index (χ1n) is 6.72. The van der Waals surface area contributed by atoms with Crippen molar-refractivity contribution in [1.82, 2.24) is 10.2 Å². The van der Waals surface area contributed by atoms with Crippen LogP contribution in [-0.4, -0.2) is 44.3 Å². The molecule has 100 valence electrons. The molecule has 3 nitrogen and oxygen atoms in total. The van der Waals surface area contributed by atoms with Gasteiger partial charge in [0.2, 0.25) is 0 Å². The van der Waals surface area contributed by atoms with Crippen molar-refractivity contribution in [2.24, 2.45) is 0 Å². The SMILES string of the molecule is CNC1CCOCC1N(C)Cc1ccccc1C. The lowest BCUT2D eigenvalue weighted by Gasteiger charge is -2.37. The van der Waals surface area contributed by atoms with E-state index in [-0.39, 0.29) is 0 Å². The lowest BCUT2D eigenvalue weighted by Crippen LogP contribution is -2.53. The summed E-state index contributed by atoms with van der Waals surface area (Å²) >= 11 is 0. The number of nitrogens with one attached hydrogen (secondary N) is 1. The van der Waals surface area contributed by atoms with Gasteiger partial charge in [-0.25, -0.2) is 0 Å². The van der Waals surface area contributed by atoms with Crippen LogP contribution in [-0.2, 0) is 11.3 Å². The van der Waals surface area contributed by atoms with E-state index in [1.165, 1.54) is 11.1 Å². The maximum absolute atomic E-state index is 5.62. The Morgan fingerprint density at radius 1 is 1.39 bits per heavy atom. The Kier molecular flexibility index (Phi) is 4.75. The van der Waals surface area contributed by atoms with Gasteiger partial charge in [0.15, 0.2) is 0 Å². The van der Waals surface area contributed by atoms with Crippen LogP contribution < -0.4 is 5.32 Å². The Labute approximate surface area is 110 Å². The fraction of sp³-hybridized carbons (Fsp3) is 0.600. The molecule has 1 aliphatic heterocycles. The van der Waals surface area contributed by atoms with Crippen molar-refractivity contribution in [2.45, 2.75) is 32.0 Å². The van der Waals surface area contributed by atoms with Gasteiger partial charge in [-0.15, -0.1) is 0 Å². The zero-order chi connectivity index (χ0) is 13.0. The number of ether oxygens (including phenoxy) is 1. The van der Waals surface area contributed by atoms with E-state index in [9.17, 15) is 0 Å². The molecule has 1 N–H and O–H groups in total. The predicted octanol–water partition coefficient (Wildman–Crippen LogP) is 1.80. The lowest BCUT2D eigenvalue weighted by molar-refractivity contribution is 0.00518. The maximum atomic E-state index is 5.62. The summed E-state index contributed by atoms with van der Waals surface area (Å²) in [6.45, 7) is 4.86. The molecular weight excluding hydrogens is 224 g/mol. The van der Waals surface area contributed by atoms with Crippen LogP contribution in [0.1, 0.15) is 17.5 Å². The first kappa shape index (κ1) is 13.5. The van der Waals surface area contributed by atoms with E-state index >= 15 is 0 Å². The van der Waals surface area contributed by atoms with Crippen molar-refractivity contribution >= 4 is 0 Å². The summed E-state index contributed by atoms with van der Waals surface area (Å²) in [5.74, 6) is 0. The van der Waals surface area contributed by atoms with Crippen LogP contribution in [0.15, 0.2) is 24.3 Å². The molecule has 2 rings (SSSR count). The normalized spacial score (nSPS) is 24.4. The minimum Gasteiger partial charge on any atom is -0.380 e. The summed E-state index contributed by atoms with van der Waals surface area (Å²) in [6, 6.07) is 9.60. The molecule has 18 heavy (non-hydrogen) atoms. The van der Waals surface area contributed by atoms with Crippen molar-refractivity contribution < 1.29 is 4.74 Å². The first-order valence-corrected chi connectivity index (χ1v) is 6.72. The number of aryl methyl sites for hydroxylation is 1. The van der Waals surface area contributed by atoms with Gasteiger partial charge in [-0.2, -0.15) is 0 Å². The monoisotopic (exact) mass is 248 g/mol. The second-order valence-electron chi connectivity index (χ2n) is 5.17. The number of hydrogen-bond acceptors (Lipinski definition) is 3. The second-order valence-corrected chi connectivity index (χ2v) is 5.17. The first-order chi connectivity index (χ1) is 8.72. The highest BCUT2D eigenvalue weighted by atomic mass is 16.5. The van der Waals surface area contributed by atoms with Crippen molar-refractivity contribution in [2.75, 3.05) is 27.3 Å². The molecule has 1 heterocycles. The molecule has 1 aromatic carbocycles. The molecule has 1 saturated heterocycles. The molecule has 0 saturated carbocycles. The molecular formula is C15H24N2O. The summed E-state index contributed by atoms with van der Waals surface area (Å²) in [5.41, 5.74) is 2.77. The van der Waals surface area contributed by atoms with Gasteiger partial charge in [-0.1, -0.05) is 24.3 Å². The Morgan fingerprint density at radius 2 is 2.17 bits per heavy atom. The molecule has 0 radical (unpaired) electrons. The molecule has 0 amide bonds. The highest BCUT2D eigenvalue weighted by Gasteiger charge is 2.27. The topological polar surface area (TPSA) is 24.5 Å². The van der Waals surface area contributed by atoms with E-state index in [1.807, 2.05) is 7.05 Å². The zero-order valence-corrected chi connectivity index (χ0v) is 11.6. The van der Waals surface area contributed by atoms with Gasteiger partial charge in [0.1, 0.15) is 0 Å². The molecule has 1 fully saturated rings. The lowest BCUT2D eigenvalue weighted by atomic mass is 10.0. The van der Waals surface area contributed by atoms with E-state index < -0.39 is 0 Å². The van der Waals surface area contributed by atoms with Crippen molar-refractivity contribution in [3.63, 3.8) is 0 Å². The van der Waals surface area contributed by atoms with Crippen LogP contribution in [0.25, 0.3) is 0 Å². The Morgan fingerprint density at radius 3 is 2.89 bits per heavy atom. The average molecular weight is 248 g/mol. The largest absolute Gasteiger partial charge is 0.380 e. The highest BCUT2D eigenvalue weighted by Crippen LogP contribution is 2.17. The molecule has 2 atom stereocenters. The Bertz CT molecular complexity index is 381. The van der Waals surface area contributed by atoms with Crippen molar-refractivity contribution in [3.05, 3.63) is 35.4 Å². The molecule has 1 aliphatic rings. The van der Waals surface area contributed by atoms with E-state index in [2.05, 4.69) is 48.5 Å². The molecule has 1 aromatic rings. The highest BCUT2D eigenvalue weighted by molar-refractivity contribution is 5.25. The van der Waals surface area contributed by atoms with E-state index in [0.717, 1.165) is 26.2 Å². The summed E-state index contributed by atoms with van der Waals surface area (Å²) < 4.78 is 5.62. The van der Waals surface area contributed by atoms with Crippen LogP contribution >= 0.6 is 0 Å². The number of hydrogen-bond donors (Lipinski definition) is 1. The number of likely N-dealkylation sites (N-methyl/N-ethyl adjacent to an activating group) is 2. The van der Waals surface area contributed by atoms with E-state index in [0.29, 0.717) is 12.1 Å². The number of rotatable bonds is 4. The Hall–Kier alpha value is -0.900. The van der Waals surface area contributed by atoms with Crippen molar-refractivity contribution in [3.8, 4) is 0 Å². The van der Waals surface area contributed by atoms with Gasteiger partial charge in [0.25, 0.3) is 0 Å². The molecule has 0 bridgehead atoms. The summed E-state index contributed by atoms with van der Waals surface area (Å²) in [7, 11) is 4.24. The van der Waals surface area contributed by atoms with Crippen molar-refractivity contribution in [1.29, 1.82) is 0 Å². The Balaban J connectivity index is 2.02. The second kappa shape index (κ2) is 6.32. The molecule has 0 aromatic heterocycles. The fourth-order valence-corrected chi connectivity index (χ4v) is 2.67. The quantitative estimate of drug-likeness (QED) is 0.879. The zero-order valence-electron chi connectivity index (χ0n) is 11.6. The molecule has 0 spiro atoms. The minimum atomic E-state index is 0.461. The van der Waals surface area contributed by atoms with Gasteiger partial charge in [-0.05, 0) is 38.6 Å². The predicted molar refractivity (Wildman–Crippen MR) is 74.7 cm³/mol. The summed E-state index contributed by atoms with van der Waals surface area (Å²) in [4.78, 5) is 2.41. The van der Waals surface area contributed by atoms with Crippen LogP contribution in [0.4, 0.5) is 0 Å². The van der Waals surface area contributed by atoms with Gasteiger partial charge in [0.05, 0.1) is 6.61 Å². The standard InChI is InChI=1S/C15H24N2O/c1-12-6-4-5-7-13(12)10-17(3)15-11-18-9-8-14(15)16-2/h4-7,14-16H,8-11H2,1-3H3. The fourth-order valence-electron chi connectivity index (χ4n) is 2.67. The molecule has 2 unspecified atom stereocenters. The van der Waals surface area contributed by atoms with Crippen LogP contribution in [0.3, 0.4) is 0 Å². The van der Waals surface area contributed by atoms with Gasteiger partial charge >= 0.3 is 0 Å². The van der Waals surface area contributed by atoms with Crippen LogP contribution in [0.5, 0.6) is 0 Å².